The van der Waals surface area contributed by atoms with Crippen LogP contribution in [0.5, 0.6) is 5.75 Å². The molecule has 1 aliphatic rings. The first kappa shape index (κ1) is 37.0. The molecule has 5 aromatic rings. The maximum absolute atomic E-state index is 14.7. The number of likely N-dealkylation sites (N-methyl/N-ethyl adjacent to an activating group) is 1. The van der Waals surface area contributed by atoms with Gasteiger partial charge in [0.2, 0.25) is 21.7 Å². The van der Waals surface area contributed by atoms with E-state index in [0.29, 0.717) is 33.6 Å². The molecule has 8 nitrogen and oxygen atoms in total. The van der Waals surface area contributed by atoms with Crippen molar-refractivity contribution in [2.45, 2.75) is 69.0 Å². The zero-order valence-electron chi connectivity index (χ0n) is 28.8. The van der Waals surface area contributed by atoms with Gasteiger partial charge in [-0.15, -0.1) is 0 Å². The van der Waals surface area contributed by atoms with Crippen molar-refractivity contribution in [3.8, 4) is 5.75 Å². The van der Waals surface area contributed by atoms with Crippen LogP contribution in [0.2, 0.25) is 0 Å². The highest BCUT2D eigenvalue weighted by atomic mass is 32.2. The van der Waals surface area contributed by atoms with E-state index in [1.165, 1.54) is 23.8 Å². The summed E-state index contributed by atoms with van der Waals surface area (Å²) in [4.78, 5) is 13.6. The fourth-order valence-electron chi connectivity index (χ4n) is 6.63. The van der Waals surface area contributed by atoms with Gasteiger partial charge in [0.25, 0.3) is 0 Å². The minimum atomic E-state index is -5.41. The number of fused-ring (bicyclic) bond motifs is 1. The summed E-state index contributed by atoms with van der Waals surface area (Å²) in [7, 11) is -2.98. The molecule has 1 fully saturated rings. The molecule has 0 N–H and O–H groups in total. The molecule has 1 saturated carbocycles. The smallest absolute Gasteiger partial charge is 0.249 e. The highest BCUT2D eigenvalue weighted by molar-refractivity contribution is 7.89. The second-order valence-corrected chi connectivity index (χ2v) is 14.9. The van der Waals surface area contributed by atoms with Gasteiger partial charge in [0.15, 0.2) is 28.2 Å². The first-order valence-electron chi connectivity index (χ1n) is 16.8. The highest BCUT2D eigenvalue weighted by Crippen LogP contribution is 2.34. The van der Waals surface area contributed by atoms with Crippen LogP contribution in [0, 0.1) is 29.1 Å². The summed E-state index contributed by atoms with van der Waals surface area (Å²) in [6, 6.07) is 18.9. The largest absolute Gasteiger partial charge is 0.497 e. The third-order valence-electron chi connectivity index (χ3n) is 9.80. The van der Waals surface area contributed by atoms with Crippen LogP contribution < -0.4 is 9.64 Å². The second kappa shape index (κ2) is 15.0. The molecule has 274 valence electrons. The van der Waals surface area contributed by atoms with E-state index in [1.807, 2.05) is 48.5 Å². The molecule has 0 bridgehead atoms. The van der Waals surface area contributed by atoms with E-state index < -0.39 is 56.0 Å². The number of carbonyl (C=O) groups excluding carboxylic acids is 1. The average Bonchev–Trinajstić information content (AvgIpc) is 3.56. The van der Waals surface area contributed by atoms with Crippen molar-refractivity contribution < 1.29 is 39.9 Å². The summed E-state index contributed by atoms with van der Waals surface area (Å²) in [6.07, 6.45) is 7.35. The van der Waals surface area contributed by atoms with Gasteiger partial charge in [0, 0.05) is 18.1 Å². The monoisotopic (exact) mass is 740 g/mol. The Morgan fingerprint density at radius 1 is 0.865 bits per heavy atom. The van der Waals surface area contributed by atoms with Crippen molar-refractivity contribution >= 4 is 32.5 Å². The molecular formula is C38H37F5N4O4S. The molecule has 52 heavy (non-hydrogen) atoms. The number of halogens is 5. The average molecular weight is 741 g/mol. The molecule has 0 unspecified atom stereocenters. The lowest BCUT2D eigenvalue weighted by Gasteiger charge is -2.31. The van der Waals surface area contributed by atoms with Gasteiger partial charge in [-0.1, -0.05) is 55.7 Å². The van der Waals surface area contributed by atoms with Gasteiger partial charge in [-0.3, -0.25) is 9.48 Å². The second-order valence-electron chi connectivity index (χ2n) is 13.0. The van der Waals surface area contributed by atoms with Crippen LogP contribution in [0.25, 0.3) is 10.9 Å². The fraction of sp³-hybridized carbons (Fsp3) is 0.316. The molecule has 0 saturated heterocycles. The van der Waals surface area contributed by atoms with Crippen molar-refractivity contribution in [1.82, 2.24) is 14.1 Å². The molecule has 1 aromatic heterocycles. The van der Waals surface area contributed by atoms with E-state index in [-0.39, 0.29) is 6.54 Å². The maximum Gasteiger partial charge on any atom is 0.249 e. The van der Waals surface area contributed by atoms with Crippen LogP contribution in [-0.4, -0.2) is 48.6 Å². The number of hydrogen-bond donors (Lipinski definition) is 0. The zero-order chi connectivity index (χ0) is 37.3. The van der Waals surface area contributed by atoms with Gasteiger partial charge in [-0.25, -0.2) is 30.4 Å². The van der Waals surface area contributed by atoms with Crippen LogP contribution in [0.15, 0.2) is 77.8 Å². The zero-order valence-corrected chi connectivity index (χ0v) is 29.6. The SMILES string of the molecule is COc1ccc(Cn2ncc3cc(N(Cc4ccc(C5CCCCC5)cc4)C(=O)[C@@H](C)N(C)S(=O)(=O)c4c(F)c(F)c(F)c(F)c4F)ccc32)cc1. The molecule has 1 amide bonds. The Morgan fingerprint density at radius 3 is 2.08 bits per heavy atom. The summed E-state index contributed by atoms with van der Waals surface area (Å²) in [6.45, 7) is 1.60. The van der Waals surface area contributed by atoms with Crippen LogP contribution in [0.4, 0.5) is 27.6 Å². The van der Waals surface area contributed by atoms with Crippen molar-refractivity contribution in [1.29, 1.82) is 0 Å². The van der Waals surface area contributed by atoms with E-state index in [2.05, 4.69) is 5.10 Å². The van der Waals surface area contributed by atoms with Gasteiger partial charge in [0.1, 0.15) is 11.8 Å². The Labute approximate surface area is 298 Å². The number of aromatic nitrogens is 2. The quantitative estimate of drug-likeness (QED) is 0.0777. The van der Waals surface area contributed by atoms with Crippen molar-refractivity contribution in [2.75, 3.05) is 19.1 Å². The summed E-state index contributed by atoms with van der Waals surface area (Å²) in [5.74, 6) is -12.0. The number of anilines is 1. The molecule has 1 aliphatic carbocycles. The Bertz CT molecular complexity index is 2180. The van der Waals surface area contributed by atoms with E-state index >= 15 is 0 Å². The van der Waals surface area contributed by atoms with Crippen LogP contribution >= 0.6 is 0 Å². The van der Waals surface area contributed by atoms with Crippen LogP contribution in [0.3, 0.4) is 0 Å². The topological polar surface area (TPSA) is 84.7 Å². The Morgan fingerprint density at radius 2 is 1.46 bits per heavy atom. The van der Waals surface area contributed by atoms with Gasteiger partial charge in [-0.05, 0) is 72.7 Å². The minimum Gasteiger partial charge on any atom is -0.497 e. The number of carbonyl (C=O) groups is 1. The third-order valence-corrected chi connectivity index (χ3v) is 11.7. The van der Waals surface area contributed by atoms with E-state index in [0.717, 1.165) is 49.4 Å². The number of benzene rings is 4. The molecule has 4 aromatic carbocycles. The number of methoxy groups -OCH3 is 1. The van der Waals surface area contributed by atoms with Gasteiger partial charge in [-0.2, -0.15) is 9.40 Å². The normalized spacial score (nSPS) is 14.6. The number of hydrogen-bond acceptors (Lipinski definition) is 5. The lowest BCUT2D eigenvalue weighted by atomic mass is 9.84. The van der Waals surface area contributed by atoms with Gasteiger partial charge in [0.05, 0.1) is 31.9 Å². The van der Waals surface area contributed by atoms with E-state index in [9.17, 15) is 35.2 Å². The van der Waals surface area contributed by atoms with Crippen molar-refractivity contribution in [2.24, 2.45) is 0 Å². The minimum absolute atomic E-state index is 0.0178. The van der Waals surface area contributed by atoms with E-state index in [4.69, 9.17) is 4.74 Å². The molecule has 0 radical (unpaired) electrons. The summed E-state index contributed by atoms with van der Waals surface area (Å²) < 4.78 is 105. The molecule has 1 atom stereocenters. The number of amides is 1. The standard InChI is InChI=1S/C38H37F5N4O4S/c1-23(45(2)52(49,50)37-35(42)33(40)32(39)34(41)36(37)43)38(48)46(21-24-9-13-27(14-10-24)26-7-5-4-6-8-26)29-15-18-31-28(19-29)20-44-47(31)22-25-11-16-30(51-3)17-12-25/h9-20,23,26H,4-8,21-22H2,1-3H3/t23-/m1/s1. The summed E-state index contributed by atoms with van der Waals surface area (Å²) in [5, 5.41) is 5.19. The Kier molecular flexibility index (Phi) is 10.7. The Hall–Kier alpha value is -4.82. The van der Waals surface area contributed by atoms with Gasteiger partial charge >= 0.3 is 0 Å². The molecule has 6 rings (SSSR count). The summed E-state index contributed by atoms with van der Waals surface area (Å²) in [5.41, 5.74) is 4.00. The first-order valence-corrected chi connectivity index (χ1v) is 18.2. The predicted octanol–water partition coefficient (Wildman–Crippen LogP) is 8.08. The lowest BCUT2D eigenvalue weighted by Crippen LogP contribution is -2.48. The van der Waals surface area contributed by atoms with Crippen LogP contribution in [0.1, 0.15) is 61.6 Å². The maximum atomic E-state index is 14.7. The fourth-order valence-corrected chi connectivity index (χ4v) is 8.05. The number of sulfonamides is 1. The number of nitrogens with zero attached hydrogens (tertiary/aromatic N) is 4. The third kappa shape index (κ3) is 7.13. The predicted molar refractivity (Wildman–Crippen MR) is 186 cm³/mol. The Balaban J connectivity index is 1.34. The van der Waals surface area contributed by atoms with Crippen LogP contribution in [-0.2, 0) is 27.9 Å². The number of ether oxygens (including phenoxy) is 1. The van der Waals surface area contributed by atoms with Gasteiger partial charge < -0.3 is 9.64 Å². The summed E-state index contributed by atoms with van der Waals surface area (Å²) >= 11 is 0. The molecule has 14 heteroatoms. The molecule has 0 aliphatic heterocycles. The number of rotatable bonds is 11. The van der Waals surface area contributed by atoms with Crippen molar-refractivity contribution in [3.05, 3.63) is 119 Å². The molecule has 0 spiro atoms. The molecule has 1 heterocycles. The molecular weight excluding hydrogens is 703 g/mol. The lowest BCUT2D eigenvalue weighted by molar-refractivity contribution is -0.121. The van der Waals surface area contributed by atoms with Crippen molar-refractivity contribution in [3.63, 3.8) is 0 Å². The highest BCUT2D eigenvalue weighted by Gasteiger charge is 2.40. The first-order chi connectivity index (χ1) is 24.8. The van der Waals surface area contributed by atoms with E-state index in [1.54, 1.807) is 36.2 Å².